The van der Waals surface area contributed by atoms with Crippen molar-refractivity contribution in [3.05, 3.63) is 42.0 Å². The Morgan fingerprint density at radius 2 is 2.00 bits per heavy atom. The molecule has 2 rings (SSSR count). The molecule has 1 heterocycles. The zero-order valence-corrected chi connectivity index (χ0v) is 12.1. The fourth-order valence-electron chi connectivity index (χ4n) is 1.63. The van der Waals surface area contributed by atoms with E-state index in [-0.39, 0.29) is 29.8 Å². The van der Waals surface area contributed by atoms with Gasteiger partial charge >= 0.3 is 0 Å². The molecular formula is C13H17ClFN5O. The van der Waals surface area contributed by atoms with Gasteiger partial charge in [0, 0.05) is 6.54 Å². The number of unbranched alkanes of at least 4 members (excludes halogenated alkanes) is 1. The number of carbonyl (C=O) groups is 1. The second kappa shape index (κ2) is 8.33. The molecule has 1 aromatic carbocycles. The number of nitrogens with two attached hydrogens (primary N) is 1. The minimum atomic E-state index is -0.334. The van der Waals surface area contributed by atoms with Crippen LogP contribution in [0.15, 0.2) is 30.5 Å². The molecule has 0 unspecified atom stereocenters. The highest BCUT2D eigenvalue weighted by atomic mass is 35.5. The van der Waals surface area contributed by atoms with Crippen molar-refractivity contribution in [3.63, 3.8) is 0 Å². The van der Waals surface area contributed by atoms with Gasteiger partial charge in [-0.1, -0.05) is 0 Å². The molecule has 0 radical (unpaired) electrons. The van der Waals surface area contributed by atoms with Crippen LogP contribution in [0.5, 0.6) is 0 Å². The molecule has 2 aromatic rings. The Bertz CT molecular complexity index is 572. The lowest BCUT2D eigenvalue weighted by molar-refractivity contribution is 0.0947. The summed E-state index contributed by atoms with van der Waals surface area (Å²) < 4.78 is 12.8. The van der Waals surface area contributed by atoms with Crippen LogP contribution >= 0.6 is 12.4 Å². The van der Waals surface area contributed by atoms with Crippen LogP contribution in [0.2, 0.25) is 0 Å². The molecule has 0 atom stereocenters. The van der Waals surface area contributed by atoms with Crippen molar-refractivity contribution in [2.45, 2.75) is 12.8 Å². The predicted molar refractivity (Wildman–Crippen MR) is 79.2 cm³/mol. The number of carbonyl (C=O) groups excluding carboxylic acids is 1. The van der Waals surface area contributed by atoms with Crippen molar-refractivity contribution >= 4 is 18.3 Å². The molecule has 0 spiro atoms. The minimum Gasteiger partial charge on any atom is -0.351 e. The molecule has 1 amide bonds. The Balaban J connectivity index is 0.00000220. The molecule has 1 aromatic heterocycles. The fraction of sp³-hybridized carbons (Fsp3) is 0.308. The van der Waals surface area contributed by atoms with Crippen LogP contribution < -0.4 is 11.1 Å². The summed E-state index contributed by atoms with van der Waals surface area (Å²) in [6.45, 7) is 1.16. The maximum absolute atomic E-state index is 12.8. The zero-order chi connectivity index (χ0) is 14.4. The van der Waals surface area contributed by atoms with Gasteiger partial charge in [0.25, 0.3) is 5.91 Å². The Kier molecular flexibility index (Phi) is 6.77. The molecule has 0 aliphatic carbocycles. The number of nitrogens with zero attached hydrogens (tertiary/aromatic N) is 3. The maximum Gasteiger partial charge on any atom is 0.273 e. The van der Waals surface area contributed by atoms with Crippen LogP contribution in [0.3, 0.4) is 0 Å². The van der Waals surface area contributed by atoms with Gasteiger partial charge in [-0.15, -0.1) is 17.5 Å². The number of halogens is 2. The molecule has 6 nitrogen and oxygen atoms in total. The van der Waals surface area contributed by atoms with Gasteiger partial charge in [0.2, 0.25) is 0 Å². The van der Waals surface area contributed by atoms with Gasteiger partial charge < -0.3 is 11.1 Å². The van der Waals surface area contributed by atoms with E-state index in [1.807, 2.05) is 0 Å². The number of aromatic nitrogens is 3. The summed E-state index contributed by atoms with van der Waals surface area (Å²) in [6, 6.07) is 5.70. The fourth-order valence-corrected chi connectivity index (χ4v) is 1.63. The third-order valence-corrected chi connectivity index (χ3v) is 2.70. The molecule has 3 N–H and O–H groups in total. The number of rotatable bonds is 6. The monoisotopic (exact) mass is 313 g/mol. The first kappa shape index (κ1) is 17.1. The first-order chi connectivity index (χ1) is 9.70. The number of hydrogen-bond acceptors (Lipinski definition) is 4. The van der Waals surface area contributed by atoms with E-state index in [9.17, 15) is 9.18 Å². The van der Waals surface area contributed by atoms with Crippen molar-refractivity contribution in [2.75, 3.05) is 13.1 Å². The van der Waals surface area contributed by atoms with Crippen molar-refractivity contribution in [1.82, 2.24) is 20.3 Å². The van der Waals surface area contributed by atoms with Crippen LogP contribution in [0.4, 0.5) is 4.39 Å². The summed E-state index contributed by atoms with van der Waals surface area (Å²) in [6.07, 6.45) is 3.07. The van der Waals surface area contributed by atoms with E-state index >= 15 is 0 Å². The lowest BCUT2D eigenvalue weighted by Crippen LogP contribution is -2.25. The van der Waals surface area contributed by atoms with Crippen molar-refractivity contribution in [2.24, 2.45) is 5.73 Å². The first-order valence-electron chi connectivity index (χ1n) is 6.37. The average molecular weight is 314 g/mol. The Morgan fingerprint density at radius 1 is 1.29 bits per heavy atom. The molecule has 0 saturated carbocycles. The number of nitrogens with one attached hydrogen (secondary N) is 1. The topological polar surface area (TPSA) is 85.8 Å². The summed E-state index contributed by atoms with van der Waals surface area (Å²) >= 11 is 0. The van der Waals surface area contributed by atoms with E-state index in [2.05, 4.69) is 15.5 Å². The highest BCUT2D eigenvalue weighted by molar-refractivity contribution is 5.91. The normalized spacial score (nSPS) is 10.0. The van der Waals surface area contributed by atoms with E-state index in [4.69, 9.17) is 5.73 Å². The molecular weight excluding hydrogens is 297 g/mol. The highest BCUT2D eigenvalue weighted by Gasteiger charge is 2.10. The van der Waals surface area contributed by atoms with Crippen LogP contribution in [0.25, 0.3) is 5.69 Å². The van der Waals surface area contributed by atoms with Gasteiger partial charge in [-0.2, -0.15) is 9.90 Å². The standard InChI is InChI=1S/C13H16FN5O.ClH/c14-10-3-5-11(6-4-10)19-17-9-12(18-19)13(20)16-8-2-1-7-15;/h3-6,9H,1-2,7-8,15H2,(H,16,20);1H. The van der Waals surface area contributed by atoms with Crippen LogP contribution in [0.1, 0.15) is 23.3 Å². The van der Waals surface area contributed by atoms with Gasteiger partial charge in [-0.25, -0.2) is 4.39 Å². The molecule has 0 aliphatic heterocycles. The smallest absolute Gasteiger partial charge is 0.273 e. The maximum atomic E-state index is 12.8. The quantitative estimate of drug-likeness (QED) is 0.787. The van der Waals surface area contributed by atoms with Crippen molar-refractivity contribution in [3.8, 4) is 5.69 Å². The van der Waals surface area contributed by atoms with E-state index in [0.717, 1.165) is 12.8 Å². The predicted octanol–water partition coefficient (Wildman–Crippen LogP) is 1.30. The van der Waals surface area contributed by atoms with E-state index in [1.165, 1.54) is 35.3 Å². The third-order valence-electron chi connectivity index (χ3n) is 2.70. The Hall–Kier alpha value is -1.99. The Morgan fingerprint density at radius 3 is 2.67 bits per heavy atom. The van der Waals surface area contributed by atoms with Crippen LogP contribution in [-0.4, -0.2) is 34.0 Å². The van der Waals surface area contributed by atoms with Gasteiger partial charge in [-0.3, -0.25) is 4.79 Å². The van der Waals surface area contributed by atoms with Gasteiger partial charge in [0.1, 0.15) is 5.82 Å². The molecule has 0 aliphatic rings. The van der Waals surface area contributed by atoms with Crippen LogP contribution in [0, 0.1) is 5.82 Å². The van der Waals surface area contributed by atoms with Crippen LogP contribution in [-0.2, 0) is 0 Å². The lowest BCUT2D eigenvalue weighted by atomic mass is 10.3. The Labute approximate surface area is 127 Å². The van der Waals surface area contributed by atoms with Gasteiger partial charge in [0.05, 0.1) is 11.9 Å². The van der Waals surface area contributed by atoms with E-state index < -0.39 is 0 Å². The second-order valence-corrected chi connectivity index (χ2v) is 4.25. The second-order valence-electron chi connectivity index (χ2n) is 4.25. The summed E-state index contributed by atoms with van der Waals surface area (Å²) in [5.41, 5.74) is 6.19. The summed E-state index contributed by atoms with van der Waals surface area (Å²) in [5.74, 6) is -0.617. The van der Waals surface area contributed by atoms with E-state index in [1.54, 1.807) is 0 Å². The van der Waals surface area contributed by atoms with Gasteiger partial charge in [-0.05, 0) is 43.7 Å². The summed E-state index contributed by atoms with van der Waals surface area (Å²) in [4.78, 5) is 13.1. The molecule has 0 saturated heterocycles. The summed E-state index contributed by atoms with van der Waals surface area (Å²) in [7, 11) is 0. The molecule has 0 bridgehead atoms. The first-order valence-corrected chi connectivity index (χ1v) is 6.37. The molecule has 8 heteroatoms. The molecule has 0 fully saturated rings. The SMILES string of the molecule is Cl.NCCCCNC(=O)c1cnn(-c2ccc(F)cc2)n1. The van der Waals surface area contributed by atoms with Gasteiger partial charge in [0.15, 0.2) is 5.69 Å². The molecule has 114 valence electrons. The average Bonchev–Trinajstić information content (AvgIpc) is 2.94. The van der Waals surface area contributed by atoms with Crippen molar-refractivity contribution in [1.29, 1.82) is 0 Å². The summed E-state index contributed by atoms with van der Waals surface area (Å²) in [5, 5.41) is 10.8. The van der Waals surface area contributed by atoms with Crippen molar-refractivity contribution < 1.29 is 9.18 Å². The van der Waals surface area contributed by atoms with E-state index in [0.29, 0.717) is 18.8 Å². The minimum absolute atomic E-state index is 0. The third kappa shape index (κ3) is 4.80. The molecule has 21 heavy (non-hydrogen) atoms. The number of benzene rings is 1. The highest BCUT2D eigenvalue weighted by Crippen LogP contribution is 2.06. The zero-order valence-electron chi connectivity index (χ0n) is 11.3. The largest absolute Gasteiger partial charge is 0.351 e. The lowest BCUT2D eigenvalue weighted by Gasteiger charge is -2.01. The number of hydrogen-bond donors (Lipinski definition) is 2. The number of amides is 1.